The number of guanidine groups is 1. The van der Waals surface area contributed by atoms with Crippen molar-refractivity contribution in [3.8, 4) is 0 Å². The lowest BCUT2D eigenvalue weighted by atomic mass is 10.2. The van der Waals surface area contributed by atoms with Crippen LogP contribution in [0.1, 0.15) is 25.3 Å². The van der Waals surface area contributed by atoms with Gasteiger partial charge in [0, 0.05) is 59.0 Å². The first kappa shape index (κ1) is 20.1. The summed E-state index contributed by atoms with van der Waals surface area (Å²) >= 11 is 0. The SMILES string of the molecule is CN=C(NCc1cccc(NC(C)=O)c1)N1CCN(C(=O)C2CCCO2)CC1. The molecule has 2 aliphatic rings. The minimum absolute atomic E-state index is 0.0867. The molecular weight excluding hydrogens is 358 g/mol. The highest BCUT2D eigenvalue weighted by Gasteiger charge is 2.30. The number of nitrogens with zero attached hydrogens (tertiary/aromatic N) is 3. The van der Waals surface area contributed by atoms with Crippen molar-refractivity contribution < 1.29 is 14.3 Å². The summed E-state index contributed by atoms with van der Waals surface area (Å²) in [7, 11) is 1.76. The molecule has 8 heteroatoms. The topological polar surface area (TPSA) is 86.3 Å². The largest absolute Gasteiger partial charge is 0.368 e. The van der Waals surface area contributed by atoms with Crippen LogP contribution in [0, 0.1) is 0 Å². The van der Waals surface area contributed by atoms with Crippen LogP contribution >= 0.6 is 0 Å². The van der Waals surface area contributed by atoms with Gasteiger partial charge in [0.2, 0.25) is 5.91 Å². The summed E-state index contributed by atoms with van der Waals surface area (Å²) in [6, 6.07) is 7.73. The van der Waals surface area contributed by atoms with E-state index in [1.807, 2.05) is 29.2 Å². The normalized spacial score (nSPS) is 20.2. The molecule has 2 N–H and O–H groups in total. The van der Waals surface area contributed by atoms with Gasteiger partial charge in [-0.1, -0.05) is 12.1 Å². The van der Waals surface area contributed by atoms with Crippen molar-refractivity contribution in [3.63, 3.8) is 0 Å². The van der Waals surface area contributed by atoms with E-state index in [4.69, 9.17) is 4.74 Å². The first-order valence-corrected chi connectivity index (χ1v) is 9.79. The van der Waals surface area contributed by atoms with Crippen molar-refractivity contribution in [1.82, 2.24) is 15.1 Å². The first-order chi connectivity index (χ1) is 13.6. The lowest BCUT2D eigenvalue weighted by Crippen LogP contribution is -2.55. The summed E-state index contributed by atoms with van der Waals surface area (Å²) in [5, 5.41) is 6.16. The summed E-state index contributed by atoms with van der Waals surface area (Å²) in [6.07, 6.45) is 1.55. The van der Waals surface area contributed by atoms with Gasteiger partial charge in [-0.15, -0.1) is 0 Å². The van der Waals surface area contributed by atoms with Gasteiger partial charge in [-0.2, -0.15) is 0 Å². The Labute approximate surface area is 165 Å². The number of anilines is 1. The van der Waals surface area contributed by atoms with E-state index >= 15 is 0 Å². The van der Waals surface area contributed by atoms with Crippen molar-refractivity contribution in [2.24, 2.45) is 4.99 Å². The van der Waals surface area contributed by atoms with Gasteiger partial charge in [-0.3, -0.25) is 14.6 Å². The lowest BCUT2D eigenvalue weighted by Gasteiger charge is -2.37. The minimum atomic E-state index is -0.250. The van der Waals surface area contributed by atoms with Crippen molar-refractivity contribution >= 4 is 23.5 Å². The van der Waals surface area contributed by atoms with Crippen molar-refractivity contribution in [3.05, 3.63) is 29.8 Å². The number of nitrogens with one attached hydrogen (secondary N) is 2. The fraction of sp³-hybridized carbons (Fsp3) is 0.550. The molecule has 0 spiro atoms. The van der Waals surface area contributed by atoms with Crippen LogP contribution < -0.4 is 10.6 Å². The maximum Gasteiger partial charge on any atom is 0.251 e. The molecule has 2 amide bonds. The summed E-state index contributed by atoms with van der Waals surface area (Å²) in [5.74, 6) is 0.848. The molecule has 0 saturated carbocycles. The quantitative estimate of drug-likeness (QED) is 0.596. The maximum absolute atomic E-state index is 12.5. The van der Waals surface area contributed by atoms with E-state index in [0.29, 0.717) is 26.2 Å². The summed E-state index contributed by atoms with van der Waals surface area (Å²) in [6.45, 7) is 5.63. The summed E-state index contributed by atoms with van der Waals surface area (Å²) in [5.41, 5.74) is 1.84. The molecule has 152 valence electrons. The maximum atomic E-state index is 12.5. The van der Waals surface area contributed by atoms with Gasteiger partial charge in [0.05, 0.1) is 0 Å². The molecule has 0 radical (unpaired) electrons. The molecule has 1 unspecified atom stereocenters. The van der Waals surface area contributed by atoms with Gasteiger partial charge >= 0.3 is 0 Å². The van der Waals surface area contributed by atoms with Gasteiger partial charge in [0.25, 0.3) is 5.91 Å². The van der Waals surface area contributed by atoms with Crippen molar-refractivity contribution in [2.75, 3.05) is 45.2 Å². The fourth-order valence-corrected chi connectivity index (χ4v) is 3.59. The third kappa shape index (κ3) is 5.22. The monoisotopic (exact) mass is 387 g/mol. The Morgan fingerprint density at radius 3 is 2.61 bits per heavy atom. The summed E-state index contributed by atoms with van der Waals surface area (Å²) < 4.78 is 5.52. The average Bonchev–Trinajstić information content (AvgIpc) is 3.23. The molecule has 2 saturated heterocycles. The van der Waals surface area contributed by atoms with Crippen LogP contribution in [0.5, 0.6) is 0 Å². The fourth-order valence-electron chi connectivity index (χ4n) is 3.59. The molecule has 1 aromatic carbocycles. The van der Waals surface area contributed by atoms with Crippen LogP contribution in [-0.2, 0) is 20.9 Å². The zero-order valence-electron chi connectivity index (χ0n) is 16.6. The molecule has 28 heavy (non-hydrogen) atoms. The minimum Gasteiger partial charge on any atom is -0.368 e. The Morgan fingerprint density at radius 1 is 1.21 bits per heavy atom. The van der Waals surface area contributed by atoms with Crippen LogP contribution in [0.25, 0.3) is 0 Å². The zero-order chi connectivity index (χ0) is 19.9. The van der Waals surface area contributed by atoms with Crippen LogP contribution in [-0.4, -0.2) is 73.5 Å². The molecule has 1 atom stereocenters. The van der Waals surface area contributed by atoms with Crippen LogP contribution in [0.4, 0.5) is 5.69 Å². The molecular formula is C20H29N5O3. The first-order valence-electron chi connectivity index (χ1n) is 9.79. The van der Waals surface area contributed by atoms with Crippen molar-refractivity contribution in [1.29, 1.82) is 0 Å². The van der Waals surface area contributed by atoms with E-state index in [2.05, 4.69) is 20.5 Å². The Balaban J connectivity index is 1.49. The highest BCUT2D eigenvalue weighted by atomic mass is 16.5. The molecule has 2 heterocycles. The van der Waals surface area contributed by atoms with Gasteiger partial charge in [-0.05, 0) is 30.5 Å². The van der Waals surface area contributed by atoms with E-state index in [1.54, 1.807) is 7.05 Å². The molecule has 8 nitrogen and oxygen atoms in total. The predicted molar refractivity (Wildman–Crippen MR) is 108 cm³/mol. The molecule has 2 fully saturated rings. The van der Waals surface area contributed by atoms with Gasteiger partial charge < -0.3 is 25.2 Å². The van der Waals surface area contributed by atoms with E-state index in [0.717, 1.165) is 43.1 Å². The molecule has 1 aromatic rings. The Kier molecular flexibility index (Phi) is 6.86. The van der Waals surface area contributed by atoms with Crippen molar-refractivity contribution in [2.45, 2.75) is 32.4 Å². The predicted octanol–water partition coefficient (Wildman–Crippen LogP) is 1.04. The number of hydrogen-bond donors (Lipinski definition) is 2. The number of ether oxygens (including phenoxy) is 1. The van der Waals surface area contributed by atoms with Gasteiger partial charge in [-0.25, -0.2) is 0 Å². The second kappa shape index (κ2) is 9.54. The van der Waals surface area contributed by atoms with Crippen LogP contribution in [0.2, 0.25) is 0 Å². The second-order valence-electron chi connectivity index (χ2n) is 7.10. The standard InChI is InChI=1S/C20H29N5O3/c1-15(26)23-17-6-3-5-16(13-17)14-22-20(21-2)25-10-8-24(9-11-25)19(27)18-7-4-12-28-18/h3,5-6,13,18H,4,7-12,14H2,1-2H3,(H,21,22)(H,23,26). The Hall–Kier alpha value is -2.61. The number of carbonyl (C=O) groups excluding carboxylic acids is 2. The van der Waals surface area contributed by atoms with Gasteiger partial charge in [0.15, 0.2) is 5.96 Å². The molecule has 0 aromatic heterocycles. The lowest BCUT2D eigenvalue weighted by molar-refractivity contribution is -0.142. The number of rotatable bonds is 4. The summed E-state index contributed by atoms with van der Waals surface area (Å²) in [4.78, 5) is 32.1. The number of aliphatic imine (C=N–C) groups is 1. The third-order valence-corrected chi connectivity index (χ3v) is 5.01. The molecule has 3 rings (SSSR count). The number of piperazine rings is 1. The molecule has 2 aliphatic heterocycles. The molecule has 0 bridgehead atoms. The number of carbonyl (C=O) groups is 2. The number of benzene rings is 1. The molecule has 0 aliphatic carbocycles. The highest BCUT2D eigenvalue weighted by Crippen LogP contribution is 2.16. The second-order valence-corrected chi connectivity index (χ2v) is 7.10. The van der Waals surface area contributed by atoms with E-state index < -0.39 is 0 Å². The number of hydrogen-bond acceptors (Lipinski definition) is 4. The van der Waals surface area contributed by atoms with E-state index in [-0.39, 0.29) is 17.9 Å². The van der Waals surface area contributed by atoms with E-state index in [9.17, 15) is 9.59 Å². The highest BCUT2D eigenvalue weighted by molar-refractivity contribution is 5.88. The smallest absolute Gasteiger partial charge is 0.251 e. The zero-order valence-corrected chi connectivity index (χ0v) is 16.6. The Bertz CT molecular complexity index is 722. The number of amides is 2. The third-order valence-electron chi connectivity index (χ3n) is 5.01. The van der Waals surface area contributed by atoms with Crippen LogP contribution in [0.15, 0.2) is 29.3 Å². The van der Waals surface area contributed by atoms with Crippen LogP contribution in [0.3, 0.4) is 0 Å². The van der Waals surface area contributed by atoms with Gasteiger partial charge in [0.1, 0.15) is 6.10 Å². The Morgan fingerprint density at radius 2 is 1.96 bits per heavy atom. The van der Waals surface area contributed by atoms with E-state index in [1.165, 1.54) is 6.92 Å². The average molecular weight is 387 g/mol.